The maximum atomic E-state index is 11.9. The summed E-state index contributed by atoms with van der Waals surface area (Å²) in [6.07, 6.45) is 1.04. The van der Waals surface area contributed by atoms with Gasteiger partial charge in [0.2, 0.25) is 0 Å². The van der Waals surface area contributed by atoms with Crippen molar-refractivity contribution in [3.63, 3.8) is 0 Å². The van der Waals surface area contributed by atoms with E-state index in [1.165, 1.54) is 11.1 Å². The second-order valence-corrected chi connectivity index (χ2v) is 7.16. The zero-order valence-electron chi connectivity index (χ0n) is 17.0. The molecule has 5 heteroatoms. The highest BCUT2D eigenvalue weighted by Crippen LogP contribution is 2.23. The number of rotatable bonds is 8. The van der Waals surface area contributed by atoms with E-state index >= 15 is 0 Å². The number of aryl methyl sites for hydroxylation is 1. The van der Waals surface area contributed by atoms with Crippen molar-refractivity contribution in [2.75, 3.05) is 27.7 Å². The lowest BCUT2D eigenvalue weighted by atomic mass is 10.0. The third-order valence-corrected chi connectivity index (χ3v) is 5.09. The highest BCUT2D eigenvalue weighted by atomic mass is 16.5. The Hall–Kier alpha value is -2.63. The van der Waals surface area contributed by atoms with Gasteiger partial charge < -0.3 is 19.4 Å². The smallest absolute Gasteiger partial charge is 0.336 e. The number of hydrogen-bond acceptors (Lipinski definition) is 5. The molecule has 2 aromatic carbocycles. The summed E-state index contributed by atoms with van der Waals surface area (Å²) in [5.74, 6) is 0.670. The third kappa shape index (κ3) is 4.61. The molecule has 5 nitrogen and oxygen atoms in total. The molecule has 1 heterocycles. The summed E-state index contributed by atoms with van der Waals surface area (Å²) in [4.78, 5) is 14.2. The number of hydrogen-bond donors (Lipinski definition) is 1. The first-order chi connectivity index (χ1) is 13.5. The third-order valence-electron chi connectivity index (χ3n) is 5.09. The van der Waals surface area contributed by atoms with Crippen LogP contribution in [0.25, 0.3) is 11.0 Å². The van der Waals surface area contributed by atoms with Crippen LogP contribution in [0, 0.1) is 0 Å². The van der Waals surface area contributed by atoms with E-state index in [2.05, 4.69) is 55.5 Å². The summed E-state index contributed by atoms with van der Waals surface area (Å²) in [5, 5.41) is 4.42. The van der Waals surface area contributed by atoms with Crippen LogP contribution in [0.5, 0.6) is 5.75 Å². The molecule has 0 aliphatic heterocycles. The van der Waals surface area contributed by atoms with Crippen LogP contribution < -0.4 is 15.7 Å². The Morgan fingerprint density at radius 1 is 1.11 bits per heavy atom. The minimum Gasteiger partial charge on any atom is -0.497 e. The average Bonchev–Trinajstić information content (AvgIpc) is 2.70. The molecule has 3 aromatic rings. The molecule has 0 fully saturated rings. The van der Waals surface area contributed by atoms with Gasteiger partial charge in [0.25, 0.3) is 0 Å². The maximum Gasteiger partial charge on any atom is 0.336 e. The molecule has 0 unspecified atom stereocenters. The van der Waals surface area contributed by atoms with Gasteiger partial charge in [0.15, 0.2) is 0 Å². The fraction of sp³-hybridized carbons (Fsp3) is 0.348. The van der Waals surface area contributed by atoms with E-state index in [0.29, 0.717) is 17.9 Å². The van der Waals surface area contributed by atoms with Crippen LogP contribution >= 0.6 is 0 Å². The lowest BCUT2D eigenvalue weighted by Crippen LogP contribution is -2.31. The monoisotopic (exact) mass is 380 g/mol. The van der Waals surface area contributed by atoms with Gasteiger partial charge in [-0.05, 0) is 49.3 Å². The van der Waals surface area contributed by atoms with Crippen molar-refractivity contribution in [1.29, 1.82) is 0 Å². The molecule has 148 valence electrons. The Morgan fingerprint density at radius 2 is 1.86 bits per heavy atom. The van der Waals surface area contributed by atoms with Gasteiger partial charge in [-0.25, -0.2) is 4.79 Å². The van der Waals surface area contributed by atoms with E-state index in [9.17, 15) is 4.79 Å². The van der Waals surface area contributed by atoms with E-state index in [0.717, 1.165) is 23.9 Å². The summed E-state index contributed by atoms with van der Waals surface area (Å²) in [6.45, 7) is 3.53. The van der Waals surface area contributed by atoms with Gasteiger partial charge >= 0.3 is 5.63 Å². The van der Waals surface area contributed by atoms with Crippen LogP contribution in [0.3, 0.4) is 0 Å². The number of methoxy groups -OCH3 is 1. The lowest BCUT2D eigenvalue weighted by molar-refractivity contribution is 0.288. The van der Waals surface area contributed by atoms with Crippen LogP contribution in [0.2, 0.25) is 0 Å². The van der Waals surface area contributed by atoms with Gasteiger partial charge in [-0.3, -0.25) is 0 Å². The number of fused-ring (bicyclic) bond motifs is 1. The zero-order valence-corrected chi connectivity index (χ0v) is 17.0. The molecule has 0 amide bonds. The van der Waals surface area contributed by atoms with Crippen LogP contribution in [-0.4, -0.2) is 32.6 Å². The molecule has 28 heavy (non-hydrogen) atoms. The molecular weight excluding hydrogens is 352 g/mol. The topological polar surface area (TPSA) is 54.7 Å². The minimum atomic E-state index is -0.350. The second kappa shape index (κ2) is 9.04. The van der Waals surface area contributed by atoms with Crippen LogP contribution in [-0.2, 0) is 13.0 Å². The van der Waals surface area contributed by atoms with Crippen LogP contribution in [0.1, 0.15) is 29.7 Å². The summed E-state index contributed by atoms with van der Waals surface area (Å²) >= 11 is 0. The van der Waals surface area contributed by atoms with Crippen molar-refractivity contribution in [2.24, 2.45) is 0 Å². The molecule has 1 atom stereocenters. The summed E-state index contributed by atoms with van der Waals surface area (Å²) in [5.41, 5.74) is 3.73. The number of ether oxygens (including phenoxy) is 1. The molecule has 1 N–H and O–H groups in total. The Morgan fingerprint density at radius 3 is 2.50 bits per heavy atom. The highest BCUT2D eigenvalue weighted by Gasteiger charge is 2.14. The van der Waals surface area contributed by atoms with Crippen molar-refractivity contribution in [3.8, 4) is 5.75 Å². The van der Waals surface area contributed by atoms with Gasteiger partial charge in [0.1, 0.15) is 11.3 Å². The first-order valence-corrected chi connectivity index (χ1v) is 9.58. The van der Waals surface area contributed by atoms with E-state index in [4.69, 9.17) is 9.15 Å². The number of benzene rings is 2. The standard InChI is InChI=1S/C23H28N2O3/c1-5-16-6-8-17(9-7-16)21(25(2)3)15-24-14-18-12-23(26)28-22-13-19(27-4)10-11-20(18)22/h6-13,21,24H,5,14-15H2,1-4H3/t21-/m0/s1. The Balaban J connectivity index is 1.76. The molecule has 0 radical (unpaired) electrons. The lowest BCUT2D eigenvalue weighted by Gasteiger charge is -2.25. The number of nitrogens with zero attached hydrogens (tertiary/aromatic N) is 1. The molecule has 0 bridgehead atoms. The van der Waals surface area contributed by atoms with Crippen LogP contribution in [0.15, 0.2) is 57.7 Å². The first kappa shape index (κ1) is 20.1. The predicted molar refractivity (Wildman–Crippen MR) is 113 cm³/mol. The van der Waals surface area contributed by atoms with E-state index in [-0.39, 0.29) is 11.7 Å². The SMILES string of the molecule is CCc1ccc([C@H](CNCc2cc(=O)oc3cc(OC)ccc23)N(C)C)cc1. The molecule has 0 aliphatic rings. The van der Waals surface area contributed by atoms with Gasteiger partial charge in [-0.1, -0.05) is 31.2 Å². The molecule has 3 rings (SSSR count). The van der Waals surface area contributed by atoms with Crippen molar-refractivity contribution in [3.05, 3.63) is 75.6 Å². The molecule has 1 aromatic heterocycles. The van der Waals surface area contributed by atoms with Crippen molar-refractivity contribution < 1.29 is 9.15 Å². The summed E-state index contributed by atoms with van der Waals surface area (Å²) < 4.78 is 10.6. The van der Waals surface area contributed by atoms with Crippen molar-refractivity contribution >= 4 is 11.0 Å². The molecule has 0 saturated carbocycles. The summed E-state index contributed by atoms with van der Waals surface area (Å²) in [6, 6.07) is 16.1. The molecule has 0 spiro atoms. The highest BCUT2D eigenvalue weighted by molar-refractivity contribution is 5.81. The van der Waals surface area contributed by atoms with E-state index in [1.54, 1.807) is 19.2 Å². The first-order valence-electron chi connectivity index (χ1n) is 9.58. The van der Waals surface area contributed by atoms with Gasteiger partial charge in [0.05, 0.1) is 7.11 Å². The van der Waals surface area contributed by atoms with Crippen LogP contribution in [0.4, 0.5) is 0 Å². The summed E-state index contributed by atoms with van der Waals surface area (Å²) in [7, 11) is 5.76. The predicted octanol–water partition coefficient (Wildman–Crippen LogP) is 3.76. The fourth-order valence-corrected chi connectivity index (χ4v) is 3.40. The molecular formula is C23H28N2O3. The fourth-order valence-electron chi connectivity index (χ4n) is 3.40. The maximum absolute atomic E-state index is 11.9. The minimum absolute atomic E-state index is 0.248. The number of nitrogens with one attached hydrogen (secondary N) is 1. The van der Waals surface area contributed by atoms with Crippen molar-refractivity contribution in [2.45, 2.75) is 25.9 Å². The number of likely N-dealkylation sites (N-methyl/N-ethyl adjacent to an activating group) is 1. The largest absolute Gasteiger partial charge is 0.497 e. The van der Waals surface area contributed by atoms with Gasteiger partial charge in [-0.2, -0.15) is 0 Å². The molecule has 0 saturated heterocycles. The van der Waals surface area contributed by atoms with E-state index < -0.39 is 0 Å². The Kier molecular flexibility index (Phi) is 6.49. The molecule has 0 aliphatic carbocycles. The normalized spacial score (nSPS) is 12.5. The average molecular weight is 380 g/mol. The quantitative estimate of drug-likeness (QED) is 0.603. The Bertz CT molecular complexity index is 977. The van der Waals surface area contributed by atoms with E-state index in [1.807, 2.05) is 12.1 Å². The second-order valence-electron chi connectivity index (χ2n) is 7.16. The zero-order chi connectivity index (χ0) is 20.1. The van der Waals surface area contributed by atoms with Gasteiger partial charge in [-0.15, -0.1) is 0 Å². The van der Waals surface area contributed by atoms with Crippen molar-refractivity contribution in [1.82, 2.24) is 10.2 Å². The Labute approximate surface area is 165 Å². The van der Waals surface area contributed by atoms with Gasteiger partial charge in [0, 0.05) is 36.7 Å².